The summed E-state index contributed by atoms with van der Waals surface area (Å²) in [4.78, 5) is 78.9. The Hall–Kier alpha value is -4.53. The first kappa shape index (κ1) is 36.5. The lowest BCUT2D eigenvalue weighted by Crippen LogP contribution is -2.58. The molecule has 0 bridgehead atoms. The molecule has 0 spiro atoms. The first-order chi connectivity index (χ1) is 20.3. The molecule has 238 valence electrons. The van der Waals surface area contributed by atoms with E-state index in [4.69, 9.17) is 22.3 Å². The Kier molecular flexibility index (Phi) is 16.0. The van der Waals surface area contributed by atoms with E-state index in [0.29, 0.717) is 18.4 Å². The number of aliphatic carboxylic acids is 2. The number of carbonyl (C=O) groups excluding carboxylic acids is 4. The number of carboxylic acids is 2. The number of guanidine groups is 1. The topological polar surface area (TPSA) is 261 Å². The first-order valence-electron chi connectivity index (χ1n) is 13.9. The molecule has 4 atom stereocenters. The summed E-state index contributed by atoms with van der Waals surface area (Å²) in [6, 6.07) is 3.83. The van der Waals surface area contributed by atoms with Crippen molar-refractivity contribution in [1.29, 1.82) is 0 Å². The molecule has 0 saturated heterocycles. The second-order valence-electron chi connectivity index (χ2n) is 10.4. The van der Waals surface area contributed by atoms with E-state index < -0.39 is 60.3 Å². The number of nitrogens with zero attached hydrogens (tertiary/aromatic N) is 2. The zero-order valence-electron chi connectivity index (χ0n) is 24.5. The third-order valence-electron chi connectivity index (χ3n) is 6.60. The third-order valence-corrected chi connectivity index (χ3v) is 6.60. The number of hydrogen-bond donors (Lipinski definition) is 7. The van der Waals surface area contributed by atoms with E-state index in [1.807, 2.05) is 0 Å². The Morgan fingerprint density at radius 3 is 2.23 bits per heavy atom. The van der Waals surface area contributed by atoms with E-state index in [0.717, 1.165) is 4.90 Å². The highest BCUT2D eigenvalue weighted by molar-refractivity contribution is 5.93. The minimum atomic E-state index is -1.42. The predicted octanol–water partition coefficient (Wildman–Crippen LogP) is -1.03. The minimum Gasteiger partial charge on any atom is -0.481 e. The molecular formula is C28H43N7O8. The molecule has 0 aromatic heterocycles. The van der Waals surface area contributed by atoms with Crippen molar-refractivity contribution in [2.24, 2.45) is 28.1 Å². The number of Topliss-reactive ketones (excluding diaryl/α,β-unsaturated/α-hetero) is 1. The van der Waals surface area contributed by atoms with E-state index >= 15 is 0 Å². The summed E-state index contributed by atoms with van der Waals surface area (Å²) < 4.78 is 0. The predicted molar refractivity (Wildman–Crippen MR) is 157 cm³/mol. The number of aliphatic imine (C=N–C) groups is 1. The zero-order chi connectivity index (χ0) is 32.5. The van der Waals surface area contributed by atoms with Crippen molar-refractivity contribution in [3.8, 4) is 0 Å². The lowest BCUT2D eigenvalue weighted by Gasteiger charge is -2.34. The summed E-state index contributed by atoms with van der Waals surface area (Å²) in [5, 5.41) is 24.1. The maximum Gasteiger partial charge on any atom is 0.326 e. The van der Waals surface area contributed by atoms with Crippen LogP contribution in [-0.2, 0) is 35.2 Å². The molecule has 0 saturated carbocycles. The van der Waals surface area contributed by atoms with Crippen LogP contribution in [0.15, 0.2) is 35.3 Å². The molecule has 1 aromatic rings. The van der Waals surface area contributed by atoms with Gasteiger partial charge in [0.1, 0.15) is 12.1 Å². The summed E-state index contributed by atoms with van der Waals surface area (Å²) in [7, 11) is 0. The van der Waals surface area contributed by atoms with Crippen molar-refractivity contribution in [2.45, 2.75) is 76.5 Å². The summed E-state index contributed by atoms with van der Waals surface area (Å²) in [6.07, 6.45) is 0.350. The van der Waals surface area contributed by atoms with Crippen molar-refractivity contribution in [3.63, 3.8) is 0 Å². The van der Waals surface area contributed by atoms with Crippen molar-refractivity contribution < 1.29 is 39.0 Å². The Bertz CT molecular complexity index is 1130. The number of ketones is 1. The quantitative estimate of drug-likeness (QED) is 0.0385. The van der Waals surface area contributed by atoms with Crippen LogP contribution in [0.4, 0.5) is 0 Å². The van der Waals surface area contributed by atoms with E-state index in [-0.39, 0.29) is 50.5 Å². The lowest BCUT2D eigenvalue weighted by atomic mass is 9.97. The van der Waals surface area contributed by atoms with Gasteiger partial charge in [0.2, 0.25) is 18.2 Å². The Labute approximate surface area is 250 Å². The van der Waals surface area contributed by atoms with Crippen LogP contribution in [0.1, 0.15) is 51.5 Å². The summed E-state index contributed by atoms with van der Waals surface area (Å²) in [6.45, 7) is 3.38. The molecule has 1 aromatic carbocycles. The van der Waals surface area contributed by atoms with Crippen LogP contribution in [-0.4, -0.2) is 94.3 Å². The van der Waals surface area contributed by atoms with Gasteiger partial charge in [-0.1, -0.05) is 44.2 Å². The van der Waals surface area contributed by atoms with Crippen LogP contribution in [0.2, 0.25) is 0 Å². The van der Waals surface area contributed by atoms with Gasteiger partial charge in [0.15, 0.2) is 11.7 Å². The maximum atomic E-state index is 13.9. The van der Waals surface area contributed by atoms with Crippen molar-refractivity contribution >= 4 is 41.9 Å². The molecular weight excluding hydrogens is 562 g/mol. The summed E-state index contributed by atoms with van der Waals surface area (Å²) in [5.74, 6) is -5.12. The van der Waals surface area contributed by atoms with E-state index in [1.54, 1.807) is 44.2 Å². The largest absolute Gasteiger partial charge is 0.481 e. The smallest absolute Gasteiger partial charge is 0.326 e. The van der Waals surface area contributed by atoms with E-state index in [9.17, 15) is 33.9 Å². The number of hydrogen-bond acceptors (Lipinski definition) is 8. The average Bonchev–Trinajstić information content (AvgIpc) is 2.93. The number of nitrogens with one attached hydrogen (secondary N) is 2. The van der Waals surface area contributed by atoms with Gasteiger partial charge in [0, 0.05) is 25.9 Å². The highest BCUT2D eigenvalue weighted by Crippen LogP contribution is 2.17. The molecule has 3 amide bonds. The van der Waals surface area contributed by atoms with Crippen molar-refractivity contribution in [3.05, 3.63) is 35.9 Å². The fourth-order valence-corrected chi connectivity index (χ4v) is 4.34. The molecule has 1 rings (SSSR count). The fourth-order valence-electron chi connectivity index (χ4n) is 4.34. The van der Waals surface area contributed by atoms with Crippen molar-refractivity contribution in [2.75, 3.05) is 13.1 Å². The number of rotatable bonds is 21. The second kappa shape index (κ2) is 18.8. The van der Waals surface area contributed by atoms with Gasteiger partial charge in [-0.25, -0.2) is 4.79 Å². The Morgan fingerprint density at radius 1 is 1.05 bits per heavy atom. The van der Waals surface area contributed by atoms with Crippen LogP contribution in [0.25, 0.3) is 0 Å². The third kappa shape index (κ3) is 13.3. The van der Waals surface area contributed by atoms with Crippen LogP contribution >= 0.6 is 0 Å². The molecule has 43 heavy (non-hydrogen) atoms. The molecule has 15 heteroatoms. The molecule has 10 N–H and O–H groups in total. The fraction of sp³-hybridized carbons (Fsp3) is 0.536. The van der Waals surface area contributed by atoms with Gasteiger partial charge in [-0.05, 0) is 30.7 Å². The molecule has 0 aliphatic carbocycles. The van der Waals surface area contributed by atoms with Crippen LogP contribution in [0.5, 0.6) is 0 Å². The Morgan fingerprint density at radius 2 is 1.70 bits per heavy atom. The van der Waals surface area contributed by atoms with Gasteiger partial charge in [-0.15, -0.1) is 0 Å². The van der Waals surface area contributed by atoms with Crippen molar-refractivity contribution in [1.82, 2.24) is 15.5 Å². The zero-order valence-corrected chi connectivity index (χ0v) is 24.5. The monoisotopic (exact) mass is 605 g/mol. The number of carboxylic acid groups (broad SMARTS) is 2. The van der Waals surface area contributed by atoms with Gasteiger partial charge < -0.3 is 42.9 Å². The highest BCUT2D eigenvalue weighted by atomic mass is 16.4. The minimum absolute atomic E-state index is 0.0483. The van der Waals surface area contributed by atoms with E-state index in [2.05, 4.69) is 15.6 Å². The van der Waals surface area contributed by atoms with Gasteiger partial charge in [0.25, 0.3) is 0 Å². The number of amides is 3. The molecule has 0 heterocycles. The highest BCUT2D eigenvalue weighted by Gasteiger charge is 2.36. The maximum absolute atomic E-state index is 13.9. The standard InChI is InChI=1S/C28H43N7O8/c1-17(2)24(34-25(40)19(29)15-23(38)39)26(41)35(21(27(42)43)14-18-8-4-3-5-9-18)13-7-11-22(37)20(33-16-36)10-6-12-32-28(30)31/h3-5,8-9,16-17,19-21,24H,6-7,10-15,29H2,1-2H3,(H,33,36)(H,34,40)(H,38,39)(H,42,43)(H4,30,31,32)/t19-,20-,21-,24-/m0/s1. The summed E-state index contributed by atoms with van der Waals surface area (Å²) >= 11 is 0. The number of benzene rings is 1. The number of carbonyl (C=O) groups is 6. The number of nitrogens with two attached hydrogens (primary N) is 3. The first-order valence-corrected chi connectivity index (χ1v) is 13.9. The molecule has 0 aliphatic heterocycles. The van der Waals surface area contributed by atoms with Gasteiger partial charge in [0.05, 0.1) is 18.5 Å². The van der Waals surface area contributed by atoms with Gasteiger partial charge in [-0.3, -0.25) is 29.0 Å². The average molecular weight is 606 g/mol. The molecule has 15 nitrogen and oxygen atoms in total. The van der Waals surface area contributed by atoms with Gasteiger partial charge in [-0.2, -0.15) is 0 Å². The van der Waals surface area contributed by atoms with Crippen LogP contribution in [0, 0.1) is 5.92 Å². The SMILES string of the molecule is CC(C)[C@H](NC(=O)[C@@H](N)CC(=O)O)C(=O)N(CCCC(=O)[C@H](CCCN=C(N)N)NC=O)[C@@H](Cc1ccccc1)C(=O)O. The van der Waals surface area contributed by atoms with Gasteiger partial charge >= 0.3 is 11.9 Å². The van der Waals surface area contributed by atoms with E-state index in [1.165, 1.54) is 0 Å². The van der Waals surface area contributed by atoms with Crippen LogP contribution < -0.4 is 27.8 Å². The normalized spacial score (nSPS) is 13.6. The second-order valence-corrected chi connectivity index (χ2v) is 10.4. The molecule has 0 fully saturated rings. The Balaban J connectivity index is 3.21. The molecule has 0 radical (unpaired) electrons. The van der Waals surface area contributed by atoms with Crippen LogP contribution in [0.3, 0.4) is 0 Å². The lowest BCUT2D eigenvalue weighted by molar-refractivity contribution is -0.152. The summed E-state index contributed by atoms with van der Waals surface area (Å²) in [5.41, 5.74) is 16.9. The molecule has 0 unspecified atom stereocenters. The molecule has 0 aliphatic rings.